The fourth-order valence-corrected chi connectivity index (χ4v) is 4.75. The van der Waals surface area contributed by atoms with Crippen LogP contribution in [-0.2, 0) is 4.79 Å². The minimum Gasteiger partial charge on any atom is -0.316 e. The van der Waals surface area contributed by atoms with Crippen LogP contribution in [0.5, 0.6) is 0 Å². The lowest BCUT2D eigenvalue weighted by Gasteiger charge is -2.13. The van der Waals surface area contributed by atoms with Crippen LogP contribution >= 0.6 is 27.7 Å². The second kappa shape index (κ2) is 9.67. The first-order valence-corrected chi connectivity index (χ1v) is 11.5. The summed E-state index contributed by atoms with van der Waals surface area (Å²) in [5, 5.41) is 3.99. The number of aromatic nitrogens is 1. The van der Waals surface area contributed by atoms with Crippen LogP contribution in [0.4, 0.5) is 0 Å². The van der Waals surface area contributed by atoms with E-state index in [1.165, 1.54) is 22.9 Å². The van der Waals surface area contributed by atoms with Crippen molar-refractivity contribution in [2.75, 3.05) is 0 Å². The maximum Gasteiger partial charge on any atom is 0.253 e. The van der Waals surface area contributed by atoms with Crippen molar-refractivity contribution in [1.82, 2.24) is 9.99 Å². The topological polar surface area (TPSA) is 46.4 Å². The highest BCUT2D eigenvalue weighted by molar-refractivity contribution is 9.10. The van der Waals surface area contributed by atoms with Gasteiger partial charge in [-0.05, 0) is 79.9 Å². The van der Waals surface area contributed by atoms with E-state index in [0.29, 0.717) is 0 Å². The van der Waals surface area contributed by atoms with Crippen molar-refractivity contribution in [2.24, 2.45) is 5.10 Å². The minimum atomic E-state index is -0.240. The number of carbonyl (C=O) groups excluding carboxylic acids is 1. The molecule has 6 heteroatoms. The van der Waals surface area contributed by atoms with Crippen LogP contribution in [0, 0.1) is 27.7 Å². The Kier molecular flexibility index (Phi) is 7.21. The van der Waals surface area contributed by atoms with E-state index >= 15 is 0 Å². The zero-order valence-corrected chi connectivity index (χ0v) is 20.3. The van der Waals surface area contributed by atoms with Gasteiger partial charge in [0.25, 0.3) is 5.91 Å². The molecule has 0 aliphatic carbocycles. The smallest absolute Gasteiger partial charge is 0.253 e. The predicted octanol–water partition coefficient (Wildman–Crippen LogP) is 6.10. The van der Waals surface area contributed by atoms with Gasteiger partial charge < -0.3 is 4.57 Å². The quantitative estimate of drug-likeness (QED) is 0.261. The molecule has 0 saturated carbocycles. The molecule has 0 aliphatic rings. The largest absolute Gasteiger partial charge is 0.316 e. The van der Waals surface area contributed by atoms with Gasteiger partial charge in [-0.3, -0.25) is 4.79 Å². The molecule has 30 heavy (non-hydrogen) atoms. The zero-order chi connectivity index (χ0) is 21.8. The number of hydrogen-bond acceptors (Lipinski definition) is 3. The maximum atomic E-state index is 12.4. The van der Waals surface area contributed by atoms with Crippen LogP contribution in [0.2, 0.25) is 0 Å². The van der Waals surface area contributed by atoms with Crippen LogP contribution in [0.3, 0.4) is 0 Å². The van der Waals surface area contributed by atoms with E-state index in [4.69, 9.17) is 0 Å². The lowest BCUT2D eigenvalue weighted by molar-refractivity contribution is -0.120. The number of thioether (sulfide) groups is 1. The Morgan fingerprint density at radius 2 is 1.80 bits per heavy atom. The number of benzene rings is 2. The standard InChI is InChI=1S/C24H26BrN3OS/c1-15-11-12-16(2)22(13-15)28-17(3)21(23(25)18(28)4)14-26-27-24(29)19(5)30-20-9-7-6-8-10-20/h6-14,19H,1-5H3,(H,27,29)/b26-14-/t19-/m0/s1. The number of amides is 1. The van der Waals surface area contributed by atoms with Gasteiger partial charge in [0.05, 0.1) is 11.5 Å². The van der Waals surface area contributed by atoms with E-state index in [9.17, 15) is 4.79 Å². The highest BCUT2D eigenvalue weighted by Crippen LogP contribution is 2.31. The van der Waals surface area contributed by atoms with Gasteiger partial charge in [-0.2, -0.15) is 5.10 Å². The molecule has 1 atom stereocenters. The van der Waals surface area contributed by atoms with Crippen molar-refractivity contribution < 1.29 is 4.79 Å². The average molecular weight is 484 g/mol. The Morgan fingerprint density at radius 1 is 1.10 bits per heavy atom. The lowest BCUT2D eigenvalue weighted by Crippen LogP contribution is -2.26. The third-order valence-corrected chi connectivity index (χ3v) is 7.13. The van der Waals surface area contributed by atoms with Crippen LogP contribution in [0.25, 0.3) is 5.69 Å². The Bertz CT molecular complexity index is 1090. The fraction of sp³-hybridized carbons (Fsp3) is 0.250. The predicted molar refractivity (Wildman–Crippen MR) is 130 cm³/mol. The maximum absolute atomic E-state index is 12.4. The number of aryl methyl sites for hydroxylation is 2. The number of nitrogens with zero attached hydrogens (tertiary/aromatic N) is 2. The van der Waals surface area contributed by atoms with Gasteiger partial charge >= 0.3 is 0 Å². The molecule has 0 spiro atoms. The Labute approximate surface area is 190 Å². The van der Waals surface area contributed by atoms with Gasteiger partial charge in [0.15, 0.2) is 0 Å². The van der Waals surface area contributed by atoms with Crippen molar-refractivity contribution >= 4 is 39.8 Å². The van der Waals surface area contributed by atoms with Gasteiger partial charge in [0, 0.05) is 32.0 Å². The first-order valence-electron chi connectivity index (χ1n) is 9.79. The molecule has 3 rings (SSSR count). The van der Waals surface area contributed by atoms with Gasteiger partial charge in [0.2, 0.25) is 0 Å². The molecular formula is C24H26BrN3OS. The molecule has 0 bridgehead atoms. The Morgan fingerprint density at radius 3 is 2.50 bits per heavy atom. The number of rotatable bonds is 6. The summed E-state index contributed by atoms with van der Waals surface area (Å²) in [5.41, 5.74) is 9.37. The van der Waals surface area contributed by atoms with E-state index in [1.54, 1.807) is 6.21 Å². The van der Waals surface area contributed by atoms with Gasteiger partial charge in [-0.25, -0.2) is 5.43 Å². The second-order valence-electron chi connectivity index (χ2n) is 7.33. The molecule has 0 saturated heterocycles. The summed E-state index contributed by atoms with van der Waals surface area (Å²) in [6, 6.07) is 16.3. The summed E-state index contributed by atoms with van der Waals surface area (Å²) in [7, 11) is 0. The molecular weight excluding hydrogens is 458 g/mol. The summed E-state index contributed by atoms with van der Waals surface area (Å²) < 4.78 is 3.20. The SMILES string of the molecule is Cc1ccc(C)c(-n2c(C)c(Br)c(/C=N\NC(=O)[C@H](C)Sc3ccccc3)c2C)c1. The van der Waals surface area contributed by atoms with E-state index < -0.39 is 0 Å². The molecule has 0 unspecified atom stereocenters. The van der Waals surface area contributed by atoms with Crippen LogP contribution < -0.4 is 5.43 Å². The average Bonchev–Trinajstić information content (AvgIpc) is 2.93. The number of hydrazone groups is 1. The van der Waals surface area contributed by atoms with Crippen molar-refractivity contribution in [1.29, 1.82) is 0 Å². The highest BCUT2D eigenvalue weighted by Gasteiger charge is 2.18. The van der Waals surface area contributed by atoms with Crippen molar-refractivity contribution in [3.05, 3.63) is 81.1 Å². The minimum absolute atomic E-state index is 0.125. The van der Waals surface area contributed by atoms with Crippen molar-refractivity contribution in [2.45, 2.75) is 44.8 Å². The first-order chi connectivity index (χ1) is 14.3. The van der Waals surface area contributed by atoms with E-state index in [0.717, 1.165) is 32.0 Å². The third-order valence-electron chi connectivity index (χ3n) is 5.01. The van der Waals surface area contributed by atoms with E-state index in [-0.39, 0.29) is 11.2 Å². The molecule has 0 radical (unpaired) electrons. The highest BCUT2D eigenvalue weighted by atomic mass is 79.9. The molecule has 156 valence electrons. The lowest BCUT2D eigenvalue weighted by atomic mass is 10.1. The van der Waals surface area contributed by atoms with Crippen LogP contribution in [0.1, 0.15) is 35.0 Å². The molecule has 1 aromatic heterocycles. The first kappa shape index (κ1) is 22.4. The molecule has 2 aromatic carbocycles. The molecule has 0 fully saturated rings. The van der Waals surface area contributed by atoms with Crippen molar-refractivity contribution in [3.8, 4) is 5.69 Å². The molecule has 4 nitrogen and oxygen atoms in total. The van der Waals surface area contributed by atoms with Gasteiger partial charge in [0.1, 0.15) is 0 Å². The summed E-state index contributed by atoms with van der Waals surface area (Å²) in [6.07, 6.45) is 1.71. The van der Waals surface area contributed by atoms with Crippen LogP contribution in [0.15, 0.2) is 63.0 Å². The van der Waals surface area contributed by atoms with E-state index in [1.807, 2.05) is 37.3 Å². The number of hydrogen-bond donors (Lipinski definition) is 1. The molecule has 1 N–H and O–H groups in total. The molecule has 0 aliphatic heterocycles. The Hall–Kier alpha value is -2.31. The summed E-state index contributed by atoms with van der Waals surface area (Å²) in [4.78, 5) is 13.5. The van der Waals surface area contributed by atoms with E-state index in [2.05, 4.69) is 76.9 Å². The normalized spacial score (nSPS) is 12.3. The summed E-state index contributed by atoms with van der Waals surface area (Å²) in [6.45, 7) is 10.2. The van der Waals surface area contributed by atoms with Gasteiger partial charge in [-0.15, -0.1) is 11.8 Å². The third kappa shape index (κ3) is 4.87. The number of nitrogens with one attached hydrogen (secondary N) is 1. The molecule has 1 heterocycles. The zero-order valence-electron chi connectivity index (χ0n) is 17.9. The number of halogens is 1. The second-order valence-corrected chi connectivity index (χ2v) is 9.54. The fourth-order valence-electron chi connectivity index (χ4n) is 3.30. The summed E-state index contributed by atoms with van der Waals surface area (Å²) >= 11 is 5.22. The molecule has 3 aromatic rings. The Balaban J connectivity index is 1.78. The van der Waals surface area contributed by atoms with Crippen LogP contribution in [-0.4, -0.2) is 21.9 Å². The van der Waals surface area contributed by atoms with Gasteiger partial charge in [-0.1, -0.05) is 30.3 Å². The summed E-state index contributed by atoms with van der Waals surface area (Å²) in [5.74, 6) is -0.125. The van der Waals surface area contributed by atoms with Crippen molar-refractivity contribution in [3.63, 3.8) is 0 Å². The monoisotopic (exact) mass is 483 g/mol. The molecule has 1 amide bonds. The number of carbonyl (C=O) groups is 1.